The smallest absolute Gasteiger partial charge is 0.229 e. The largest absolute Gasteiger partial charge is 0.550 e. The Balaban J connectivity index is 1.82. The molecule has 1 heterocycles. The number of hydrogen-bond acceptors (Lipinski definition) is 5. The zero-order valence-corrected chi connectivity index (χ0v) is 14.2. The van der Waals surface area contributed by atoms with Crippen molar-refractivity contribution in [1.29, 1.82) is 0 Å². The molecule has 0 unspecified atom stereocenters. The van der Waals surface area contributed by atoms with Crippen LogP contribution in [0.4, 0.5) is 5.13 Å². The number of carboxylic acids is 1. The summed E-state index contributed by atoms with van der Waals surface area (Å²) in [6.45, 7) is 5.34. The van der Waals surface area contributed by atoms with Crippen LogP contribution in [0.25, 0.3) is 10.2 Å². The maximum absolute atomic E-state index is 12.7. The molecule has 1 aliphatic rings. The van der Waals surface area contributed by atoms with Crippen LogP contribution >= 0.6 is 11.3 Å². The van der Waals surface area contributed by atoms with E-state index in [9.17, 15) is 14.7 Å². The van der Waals surface area contributed by atoms with Gasteiger partial charge in [-0.25, -0.2) is 4.98 Å². The summed E-state index contributed by atoms with van der Waals surface area (Å²) in [5.41, 5.74) is -0.826. The summed E-state index contributed by atoms with van der Waals surface area (Å²) in [4.78, 5) is 28.6. The predicted octanol–water partition coefficient (Wildman–Crippen LogP) is 2.43. The number of thiazole rings is 1. The van der Waals surface area contributed by atoms with E-state index in [2.05, 4.69) is 10.3 Å². The molecular weight excluding hydrogens is 312 g/mol. The number of nitrogens with zero attached hydrogens (tertiary/aromatic N) is 1. The van der Waals surface area contributed by atoms with Crippen molar-refractivity contribution >= 4 is 38.6 Å². The van der Waals surface area contributed by atoms with Gasteiger partial charge in [0, 0.05) is 17.3 Å². The lowest BCUT2D eigenvalue weighted by atomic mass is 9.65. The van der Waals surface area contributed by atoms with Crippen LogP contribution in [0, 0.1) is 16.7 Å². The van der Waals surface area contributed by atoms with Crippen LogP contribution in [-0.4, -0.2) is 16.9 Å². The van der Waals surface area contributed by atoms with Gasteiger partial charge >= 0.3 is 0 Å². The van der Waals surface area contributed by atoms with Gasteiger partial charge in [0.2, 0.25) is 5.91 Å². The number of aliphatic carboxylic acids is 1. The second-order valence-electron chi connectivity index (χ2n) is 6.91. The van der Waals surface area contributed by atoms with Crippen molar-refractivity contribution in [1.82, 2.24) is 4.98 Å². The van der Waals surface area contributed by atoms with Crippen molar-refractivity contribution in [3.05, 3.63) is 24.3 Å². The number of nitrogens with one attached hydrogen (secondary N) is 1. The van der Waals surface area contributed by atoms with E-state index in [1.54, 1.807) is 6.92 Å². The molecule has 1 amide bonds. The highest BCUT2D eigenvalue weighted by Gasteiger charge is 2.54. The first-order valence-corrected chi connectivity index (χ1v) is 8.45. The van der Waals surface area contributed by atoms with Crippen molar-refractivity contribution in [3.63, 3.8) is 0 Å². The number of carboxylic acid groups (broad SMARTS) is 1. The van der Waals surface area contributed by atoms with Gasteiger partial charge < -0.3 is 15.2 Å². The normalized spacial score (nSPS) is 26.3. The second kappa shape index (κ2) is 5.30. The summed E-state index contributed by atoms with van der Waals surface area (Å²) in [7, 11) is 0. The summed E-state index contributed by atoms with van der Waals surface area (Å²) in [6, 6.07) is 7.68. The average molecular weight is 331 g/mol. The quantitative estimate of drug-likeness (QED) is 0.936. The maximum Gasteiger partial charge on any atom is 0.229 e. The standard InChI is InChI=1S/C17H20N2O3S/c1-16(2)10(8-9-17(16,3)14(21)22)13(20)19-15-18-11-6-4-5-7-12(11)23-15/h4-7,10H,8-9H2,1-3H3,(H,21,22)(H,18,19,20)/p-1/t10-,17+/m0/s1. The lowest BCUT2D eigenvalue weighted by molar-refractivity contribution is -0.323. The number of hydrogen-bond donors (Lipinski definition) is 1. The molecule has 1 saturated carbocycles. The van der Waals surface area contributed by atoms with Crippen LogP contribution < -0.4 is 10.4 Å². The fourth-order valence-electron chi connectivity index (χ4n) is 3.44. The lowest BCUT2D eigenvalue weighted by Crippen LogP contribution is -2.49. The first-order chi connectivity index (χ1) is 10.8. The summed E-state index contributed by atoms with van der Waals surface area (Å²) in [6.07, 6.45) is 0.981. The molecule has 6 heteroatoms. The number of benzene rings is 1. The van der Waals surface area contributed by atoms with E-state index in [-0.39, 0.29) is 11.8 Å². The Kier molecular flexibility index (Phi) is 3.67. The van der Waals surface area contributed by atoms with E-state index in [1.807, 2.05) is 38.1 Å². The molecule has 1 aromatic heterocycles. The molecule has 122 valence electrons. The molecule has 1 aliphatic carbocycles. The van der Waals surface area contributed by atoms with Gasteiger partial charge in [0.1, 0.15) is 0 Å². The summed E-state index contributed by atoms with van der Waals surface area (Å²) >= 11 is 1.42. The number of aromatic nitrogens is 1. The number of amides is 1. The first-order valence-electron chi connectivity index (χ1n) is 7.63. The minimum atomic E-state index is -1.09. The van der Waals surface area contributed by atoms with E-state index < -0.39 is 16.8 Å². The molecule has 1 aromatic carbocycles. The van der Waals surface area contributed by atoms with Gasteiger partial charge in [-0.1, -0.05) is 44.2 Å². The van der Waals surface area contributed by atoms with E-state index in [0.29, 0.717) is 18.0 Å². The second-order valence-corrected chi connectivity index (χ2v) is 7.94. The SMILES string of the molecule is CC1(C)[C@H](C(=O)Nc2nc3ccccc3s2)CC[C@]1(C)C(=O)[O-]. The fourth-order valence-corrected chi connectivity index (χ4v) is 4.31. The summed E-state index contributed by atoms with van der Waals surface area (Å²) in [5, 5.41) is 14.9. The van der Waals surface area contributed by atoms with Gasteiger partial charge in [-0.05, 0) is 30.4 Å². The highest BCUT2D eigenvalue weighted by molar-refractivity contribution is 7.22. The Morgan fingerprint density at radius 3 is 2.61 bits per heavy atom. The zero-order chi connectivity index (χ0) is 16.8. The minimum absolute atomic E-state index is 0.168. The van der Waals surface area contributed by atoms with Crippen molar-refractivity contribution in [2.45, 2.75) is 33.6 Å². The molecule has 2 atom stereocenters. The molecule has 0 saturated heterocycles. The highest BCUT2D eigenvalue weighted by atomic mass is 32.1. The third-order valence-corrected chi connectivity index (χ3v) is 6.47. The van der Waals surface area contributed by atoms with Crippen molar-refractivity contribution in [2.75, 3.05) is 5.32 Å². The van der Waals surface area contributed by atoms with Crippen molar-refractivity contribution in [3.8, 4) is 0 Å². The van der Waals surface area contributed by atoms with E-state index in [1.165, 1.54) is 11.3 Å². The van der Waals surface area contributed by atoms with Crippen LogP contribution in [0.5, 0.6) is 0 Å². The van der Waals surface area contributed by atoms with E-state index >= 15 is 0 Å². The zero-order valence-electron chi connectivity index (χ0n) is 13.4. The molecular formula is C17H19N2O3S-. The van der Waals surface area contributed by atoms with Crippen LogP contribution in [0.15, 0.2) is 24.3 Å². The number of para-hydroxylation sites is 1. The fraction of sp³-hybridized carbons (Fsp3) is 0.471. The van der Waals surface area contributed by atoms with Crippen LogP contribution in [0.2, 0.25) is 0 Å². The molecule has 3 rings (SSSR count). The number of fused-ring (bicyclic) bond motifs is 1. The Hall–Kier alpha value is -1.95. The van der Waals surface area contributed by atoms with Crippen molar-refractivity contribution in [2.24, 2.45) is 16.7 Å². The van der Waals surface area contributed by atoms with Crippen molar-refractivity contribution < 1.29 is 14.7 Å². The Labute approximate surface area is 138 Å². The molecule has 1 N–H and O–H groups in total. The van der Waals surface area contributed by atoms with Crippen LogP contribution in [-0.2, 0) is 9.59 Å². The third-order valence-electron chi connectivity index (χ3n) is 5.52. The van der Waals surface area contributed by atoms with Gasteiger partial charge in [0.25, 0.3) is 0 Å². The Bertz CT molecular complexity index is 750. The number of anilines is 1. The van der Waals surface area contributed by atoms with E-state index in [0.717, 1.165) is 10.2 Å². The van der Waals surface area contributed by atoms with Gasteiger partial charge in [-0.3, -0.25) is 4.79 Å². The Morgan fingerprint density at radius 1 is 1.30 bits per heavy atom. The molecule has 0 radical (unpaired) electrons. The molecule has 1 fully saturated rings. The molecule has 0 bridgehead atoms. The number of rotatable bonds is 3. The van der Waals surface area contributed by atoms with Crippen LogP contribution in [0.3, 0.4) is 0 Å². The molecule has 0 spiro atoms. The Morgan fingerprint density at radius 2 is 2.00 bits per heavy atom. The van der Waals surface area contributed by atoms with Gasteiger partial charge in [-0.15, -0.1) is 0 Å². The number of carbonyl (C=O) groups is 2. The number of carbonyl (C=O) groups excluding carboxylic acids is 2. The molecule has 5 nitrogen and oxygen atoms in total. The topological polar surface area (TPSA) is 82.1 Å². The summed E-state index contributed by atoms with van der Waals surface area (Å²) in [5.74, 6) is -1.63. The van der Waals surface area contributed by atoms with Gasteiger partial charge in [-0.2, -0.15) is 0 Å². The van der Waals surface area contributed by atoms with Crippen LogP contribution in [0.1, 0.15) is 33.6 Å². The average Bonchev–Trinajstić information content (AvgIpc) is 2.98. The van der Waals surface area contributed by atoms with Gasteiger partial charge in [0.05, 0.1) is 10.2 Å². The van der Waals surface area contributed by atoms with E-state index in [4.69, 9.17) is 0 Å². The highest BCUT2D eigenvalue weighted by Crippen LogP contribution is 2.55. The predicted molar refractivity (Wildman–Crippen MR) is 87.9 cm³/mol. The molecule has 23 heavy (non-hydrogen) atoms. The maximum atomic E-state index is 12.7. The third kappa shape index (κ3) is 2.41. The van der Waals surface area contributed by atoms with Gasteiger partial charge in [0.15, 0.2) is 5.13 Å². The first kappa shape index (κ1) is 15.9. The lowest BCUT2D eigenvalue weighted by Gasteiger charge is -2.41. The molecule has 2 aromatic rings. The monoisotopic (exact) mass is 331 g/mol. The summed E-state index contributed by atoms with van der Waals surface area (Å²) < 4.78 is 1.01. The minimum Gasteiger partial charge on any atom is -0.550 e. The molecule has 0 aliphatic heterocycles.